The first-order valence-electron chi connectivity index (χ1n) is 8.05. The van der Waals surface area contributed by atoms with Crippen molar-refractivity contribution in [3.63, 3.8) is 0 Å². The molecule has 3 rings (SSSR count). The van der Waals surface area contributed by atoms with E-state index in [2.05, 4.69) is 20.6 Å². The first kappa shape index (κ1) is 17.3. The summed E-state index contributed by atoms with van der Waals surface area (Å²) in [5, 5.41) is 5.78. The summed E-state index contributed by atoms with van der Waals surface area (Å²) in [5.74, 6) is 0.631. The lowest BCUT2D eigenvalue weighted by atomic mass is 10.1. The van der Waals surface area contributed by atoms with Crippen molar-refractivity contribution in [2.45, 2.75) is 20.4 Å². The second kappa shape index (κ2) is 7.60. The molecule has 0 unspecified atom stereocenters. The highest BCUT2D eigenvalue weighted by molar-refractivity contribution is 6.04. The monoisotopic (exact) mass is 350 g/mol. The van der Waals surface area contributed by atoms with Gasteiger partial charge in [-0.1, -0.05) is 12.1 Å². The summed E-state index contributed by atoms with van der Waals surface area (Å²) < 4.78 is 5.25. The number of Topliss-reactive ketones (excluding diaryl/α,β-unsaturated/α-hetero) is 1. The molecule has 1 aromatic carbocycles. The summed E-state index contributed by atoms with van der Waals surface area (Å²) in [5.41, 5.74) is 1.95. The van der Waals surface area contributed by atoms with E-state index >= 15 is 0 Å². The molecule has 0 saturated heterocycles. The van der Waals surface area contributed by atoms with Crippen LogP contribution >= 0.6 is 0 Å². The van der Waals surface area contributed by atoms with Gasteiger partial charge in [0.2, 0.25) is 5.95 Å². The van der Waals surface area contributed by atoms with Crippen molar-refractivity contribution in [2.24, 2.45) is 0 Å². The van der Waals surface area contributed by atoms with Crippen LogP contribution in [-0.2, 0) is 6.54 Å². The summed E-state index contributed by atoms with van der Waals surface area (Å²) in [6.07, 6.45) is 1.59. The van der Waals surface area contributed by atoms with E-state index in [1.807, 2.05) is 6.07 Å². The Hall–Kier alpha value is -3.48. The lowest BCUT2D eigenvalue weighted by Crippen LogP contribution is -2.16. The minimum absolute atomic E-state index is 0.0663. The number of furan rings is 1. The molecule has 0 saturated carbocycles. The lowest BCUT2D eigenvalue weighted by Gasteiger charge is -2.09. The third-order valence-electron chi connectivity index (χ3n) is 3.61. The molecule has 7 heteroatoms. The second-order valence-electron chi connectivity index (χ2n) is 5.74. The van der Waals surface area contributed by atoms with Crippen molar-refractivity contribution in [1.82, 2.24) is 9.97 Å². The van der Waals surface area contributed by atoms with E-state index in [1.165, 1.54) is 6.92 Å². The highest BCUT2D eigenvalue weighted by Gasteiger charge is 2.12. The van der Waals surface area contributed by atoms with Gasteiger partial charge in [-0.2, -0.15) is 0 Å². The van der Waals surface area contributed by atoms with Crippen molar-refractivity contribution in [2.75, 3.05) is 10.6 Å². The number of rotatable bonds is 6. The third kappa shape index (κ3) is 4.32. The number of carbonyl (C=O) groups is 2. The first-order chi connectivity index (χ1) is 12.5. The molecule has 7 nitrogen and oxygen atoms in total. The zero-order valence-corrected chi connectivity index (χ0v) is 14.4. The van der Waals surface area contributed by atoms with Gasteiger partial charge in [0, 0.05) is 16.9 Å². The number of nitrogens with one attached hydrogen (secondary N) is 2. The van der Waals surface area contributed by atoms with Crippen LogP contribution in [0.2, 0.25) is 0 Å². The van der Waals surface area contributed by atoms with Crippen LogP contribution in [0.5, 0.6) is 0 Å². The first-order valence-corrected chi connectivity index (χ1v) is 8.05. The van der Waals surface area contributed by atoms with Crippen molar-refractivity contribution in [3.05, 3.63) is 71.4 Å². The van der Waals surface area contributed by atoms with Crippen LogP contribution in [0.3, 0.4) is 0 Å². The average molecular weight is 350 g/mol. The van der Waals surface area contributed by atoms with Gasteiger partial charge in [-0.05, 0) is 44.2 Å². The van der Waals surface area contributed by atoms with Crippen molar-refractivity contribution >= 4 is 23.3 Å². The molecular weight excluding hydrogens is 332 g/mol. The van der Waals surface area contributed by atoms with Crippen LogP contribution < -0.4 is 10.6 Å². The molecule has 0 bridgehead atoms. The van der Waals surface area contributed by atoms with Crippen molar-refractivity contribution in [3.8, 4) is 0 Å². The molecule has 0 atom stereocenters. The maximum atomic E-state index is 12.5. The summed E-state index contributed by atoms with van der Waals surface area (Å²) in [6, 6.07) is 12.0. The van der Waals surface area contributed by atoms with E-state index in [9.17, 15) is 9.59 Å². The number of anilines is 2. The summed E-state index contributed by atoms with van der Waals surface area (Å²) in [7, 11) is 0. The van der Waals surface area contributed by atoms with Gasteiger partial charge in [0.15, 0.2) is 5.78 Å². The quantitative estimate of drug-likeness (QED) is 0.661. The van der Waals surface area contributed by atoms with Gasteiger partial charge in [0.05, 0.1) is 12.8 Å². The molecular formula is C19H18N4O3. The minimum Gasteiger partial charge on any atom is -0.467 e. The van der Waals surface area contributed by atoms with Gasteiger partial charge in [-0.15, -0.1) is 0 Å². The molecule has 0 radical (unpaired) electrons. The molecule has 0 aliphatic heterocycles. The van der Waals surface area contributed by atoms with E-state index < -0.39 is 0 Å². The second-order valence-corrected chi connectivity index (χ2v) is 5.74. The predicted octanol–water partition coefficient (Wildman–Crippen LogP) is 3.45. The molecule has 3 aromatic rings. The number of hydrogen-bond acceptors (Lipinski definition) is 6. The zero-order valence-electron chi connectivity index (χ0n) is 14.4. The fourth-order valence-electron chi connectivity index (χ4n) is 2.35. The number of ketones is 1. The molecule has 0 aliphatic carbocycles. The average Bonchev–Trinajstić information content (AvgIpc) is 3.13. The molecule has 2 aromatic heterocycles. The number of benzene rings is 1. The maximum absolute atomic E-state index is 12.5. The Labute approximate surface area is 150 Å². The Morgan fingerprint density at radius 2 is 1.96 bits per heavy atom. The van der Waals surface area contributed by atoms with Crippen LogP contribution in [-0.4, -0.2) is 21.7 Å². The minimum atomic E-state index is -0.378. The Balaban J connectivity index is 1.74. The Morgan fingerprint density at radius 1 is 1.12 bits per heavy atom. The third-order valence-corrected chi connectivity index (χ3v) is 3.61. The summed E-state index contributed by atoms with van der Waals surface area (Å²) in [4.78, 5) is 32.5. The SMILES string of the molecule is CC(=O)c1cccc(NC(=O)c2cc(C)nc(NCc3ccco3)n2)c1. The normalized spacial score (nSPS) is 10.4. The largest absolute Gasteiger partial charge is 0.467 e. The van der Waals surface area contributed by atoms with Gasteiger partial charge < -0.3 is 15.1 Å². The number of carbonyl (C=O) groups excluding carboxylic acids is 2. The van der Waals surface area contributed by atoms with E-state index in [0.29, 0.717) is 29.4 Å². The number of hydrogen-bond donors (Lipinski definition) is 2. The number of aromatic nitrogens is 2. The topological polar surface area (TPSA) is 97.1 Å². The van der Waals surface area contributed by atoms with Gasteiger partial charge in [-0.25, -0.2) is 9.97 Å². The standard InChI is InChI=1S/C19H18N4O3/c1-12-9-17(23-19(21-12)20-11-16-7-4-8-26-16)18(25)22-15-6-3-5-14(10-15)13(2)24/h3-10H,11H2,1-2H3,(H,22,25)(H,20,21,23). The fraction of sp³-hybridized carbons (Fsp3) is 0.158. The van der Waals surface area contributed by atoms with E-state index in [1.54, 1.807) is 49.6 Å². The number of nitrogens with zero attached hydrogens (tertiary/aromatic N) is 2. The highest BCUT2D eigenvalue weighted by atomic mass is 16.3. The van der Waals surface area contributed by atoms with Crippen LogP contribution in [0.15, 0.2) is 53.1 Å². The van der Waals surface area contributed by atoms with Gasteiger partial charge in [0.25, 0.3) is 5.91 Å². The van der Waals surface area contributed by atoms with Crippen LogP contribution in [0.25, 0.3) is 0 Å². The molecule has 2 N–H and O–H groups in total. The van der Waals surface area contributed by atoms with Crippen LogP contribution in [0.1, 0.15) is 39.2 Å². The Kier molecular flexibility index (Phi) is 5.07. The molecule has 0 spiro atoms. The molecule has 1 amide bonds. The fourth-order valence-corrected chi connectivity index (χ4v) is 2.35. The number of amides is 1. The van der Waals surface area contributed by atoms with Gasteiger partial charge in [-0.3, -0.25) is 9.59 Å². The van der Waals surface area contributed by atoms with Crippen molar-refractivity contribution in [1.29, 1.82) is 0 Å². The van der Waals surface area contributed by atoms with Gasteiger partial charge in [0.1, 0.15) is 11.5 Å². The highest BCUT2D eigenvalue weighted by Crippen LogP contribution is 2.14. The Bertz CT molecular complexity index is 936. The molecule has 132 valence electrons. The van der Waals surface area contributed by atoms with Crippen LogP contribution in [0.4, 0.5) is 11.6 Å². The summed E-state index contributed by atoms with van der Waals surface area (Å²) >= 11 is 0. The van der Waals surface area contributed by atoms with E-state index in [-0.39, 0.29) is 17.4 Å². The van der Waals surface area contributed by atoms with Crippen molar-refractivity contribution < 1.29 is 14.0 Å². The van der Waals surface area contributed by atoms with Crippen LogP contribution in [0, 0.1) is 6.92 Å². The molecule has 0 fully saturated rings. The Morgan fingerprint density at radius 3 is 2.69 bits per heavy atom. The molecule has 2 heterocycles. The van der Waals surface area contributed by atoms with E-state index in [4.69, 9.17) is 4.42 Å². The number of aryl methyl sites for hydroxylation is 1. The maximum Gasteiger partial charge on any atom is 0.274 e. The predicted molar refractivity (Wildman–Crippen MR) is 97.2 cm³/mol. The molecule has 26 heavy (non-hydrogen) atoms. The smallest absolute Gasteiger partial charge is 0.274 e. The van der Waals surface area contributed by atoms with Gasteiger partial charge >= 0.3 is 0 Å². The molecule has 0 aliphatic rings. The lowest BCUT2D eigenvalue weighted by molar-refractivity contribution is 0.100. The zero-order chi connectivity index (χ0) is 18.5. The summed E-state index contributed by atoms with van der Waals surface area (Å²) in [6.45, 7) is 3.68. The van der Waals surface area contributed by atoms with E-state index in [0.717, 1.165) is 5.76 Å².